The predicted molar refractivity (Wildman–Crippen MR) is 84.8 cm³/mol. The number of aromatic nitrogens is 4. The van der Waals surface area contributed by atoms with Crippen LogP contribution in [0.2, 0.25) is 0 Å². The number of pyridine rings is 1. The van der Waals surface area contributed by atoms with E-state index in [9.17, 15) is 0 Å². The number of hydrogen-bond acceptors (Lipinski definition) is 5. The molecule has 0 radical (unpaired) electrons. The van der Waals surface area contributed by atoms with Crippen LogP contribution in [0, 0.1) is 20.8 Å². The Bertz CT molecular complexity index is 651. The van der Waals surface area contributed by atoms with Gasteiger partial charge in [0, 0.05) is 29.6 Å². The summed E-state index contributed by atoms with van der Waals surface area (Å²) >= 11 is 1.62. The van der Waals surface area contributed by atoms with Gasteiger partial charge in [0.2, 0.25) is 0 Å². The first-order chi connectivity index (χ1) is 10.1. The van der Waals surface area contributed by atoms with Crippen LogP contribution < -0.4 is 4.74 Å². The highest BCUT2D eigenvalue weighted by atomic mass is 32.2. The Balaban J connectivity index is 2.19. The number of allylic oxidation sites excluding steroid dienone is 1. The zero-order valence-electron chi connectivity index (χ0n) is 12.9. The maximum absolute atomic E-state index is 5.44. The van der Waals surface area contributed by atoms with Gasteiger partial charge in [0.05, 0.1) is 12.8 Å². The van der Waals surface area contributed by atoms with E-state index in [1.165, 1.54) is 0 Å². The molecule has 0 bridgehead atoms. The molecule has 0 atom stereocenters. The van der Waals surface area contributed by atoms with Gasteiger partial charge in [0.1, 0.15) is 11.6 Å². The van der Waals surface area contributed by atoms with E-state index in [0.29, 0.717) is 6.54 Å². The van der Waals surface area contributed by atoms with Crippen LogP contribution in [0.25, 0.3) is 0 Å². The molecule has 21 heavy (non-hydrogen) atoms. The van der Waals surface area contributed by atoms with Crippen molar-refractivity contribution in [3.63, 3.8) is 0 Å². The van der Waals surface area contributed by atoms with Crippen LogP contribution in [-0.4, -0.2) is 26.9 Å². The number of ether oxygens (including phenoxy) is 1. The molecule has 0 amide bonds. The normalized spacial score (nSPS) is 10.7. The van der Waals surface area contributed by atoms with Crippen LogP contribution >= 0.6 is 11.8 Å². The van der Waals surface area contributed by atoms with Gasteiger partial charge in [0.15, 0.2) is 5.16 Å². The Kier molecular flexibility index (Phi) is 5.01. The van der Waals surface area contributed by atoms with Crippen molar-refractivity contribution in [1.29, 1.82) is 0 Å². The van der Waals surface area contributed by atoms with E-state index < -0.39 is 0 Å². The molecular formula is C15H20N4OS. The van der Waals surface area contributed by atoms with Gasteiger partial charge in [-0.1, -0.05) is 17.8 Å². The van der Waals surface area contributed by atoms with Gasteiger partial charge >= 0.3 is 0 Å². The topological polar surface area (TPSA) is 52.8 Å². The lowest BCUT2D eigenvalue weighted by Crippen LogP contribution is -2.02. The van der Waals surface area contributed by atoms with E-state index in [1.54, 1.807) is 18.9 Å². The molecule has 0 unspecified atom stereocenters. The molecule has 6 heteroatoms. The van der Waals surface area contributed by atoms with Crippen molar-refractivity contribution >= 4 is 11.8 Å². The van der Waals surface area contributed by atoms with E-state index in [4.69, 9.17) is 4.74 Å². The average Bonchev–Trinajstić information content (AvgIpc) is 2.80. The summed E-state index contributed by atoms with van der Waals surface area (Å²) in [6.07, 6.45) is 3.69. The van der Waals surface area contributed by atoms with Gasteiger partial charge in [-0.05, 0) is 20.8 Å². The van der Waals surface area contributed by atoms with Crippen LogP contribution in [0.1, 0.15) is 22.6 Å². The summed E-state index contributed by atoms with van der Waals surface area (Å²) in [5.74, 6) is 2.53. The first-order valence-electron chi connectivity index (χ1n) is 6.71. The molecule has 0 aliphatic carbocycles. The van der Waals surface area contributed by atoms with Gasteiger partial charge in [-0.3, -0.25) is 4.98 Å². The molecule has 2 rings (SSSR count). The van der Waals surface area contributed by atoms with Crippen molar-refractivity contribution in [2.75, 3.05) is 7.11 Å². The smallest absolute Gasteiger partial charge is 0.191 e. The number of hydrogen-bond donors (Lipinski definition) is 0. The number of nitrogens with zero attached hydrogens (tertiary/aromatic N) is 4. The van der Waals surface area contributed by atoms with Crippen molar-refractivity contribution < 1.29 is 4.74 Å². The summed E-state index contributed by atoms with van der Waals surface area (Å²) in [4.78, 5) is 4.51. The fourth-order valence-corrected chi connectivity index (χ4v) is 3.18. The SMILES string of the molecule is C=CCn1c(C)nnc1SCc1ncc(C)c(OC)c1C. The lowest BCUT2D eigenvalue weighted by Gasteiger charge is -2.12. The van der Waals surface area contributed by atoms with Gasteiger partial charge in [-0.2, -0.15) is 0 Å². The second-order valence-corrected chi connectivity index (χ2v) is 5.71. The van der Waals surface area contributed by atoms with Crippen LogP contribution in [0.4, 0.5) is 0 Å². The highest BCUT2D eigenvalue weighted by molar-refractivity contribution is 7.98. The minimum Gasteiger partial charge on any atom is -0.496 e. The second-order valence-electron chi connectivity index (χ2n) is 4.76. The van der Waals surface area contributed by atoms with Crippen molar-refractivity contribution in [1.82, 2.24) is 19.7 Å². The molecule has 0 saturated heterocycles. The number of rotatable bonds is 6. The quantitative estimate of drug-likeness (QED) is 0.606. The zero-order chi connectivity index (χ0) is 15.4. The van der Waals surface area contributed by atoms with Gasteiger partial charge < -0.3 is 9.30 Å². The largest absolute Gasteiger partial charge is 0.496 e. The Hall–Kier alpha value is -1.82. The summed E-state index contributed by atoms with van der Waals surface area (Å²) in [6.45, 7) is 10.5. The first kappa shape index (κ1) is 15.6. The third kappa shape index (κ3) is 3.26. The van der Waals surface area contributed by atoms with Crippen molar-refractivity contribution in [3.8, 4) is 5.75 Å². The van der Waals surface area contributed by atoms with Crippen molar-refractivity contribution in [2.24, 2.45) is 0 Å². The standard InChI is InChI=1S/C15H20N4OS/c1-6-7-19-12(4)17-18-15(19)21-9-13-11(3)14(20-5)10(2)8-16-13/h6,8H,1,7,9H2,2-5H3. The molecule has 0 aromatic carbocycles. The van der Waals surface area contributed by atoms with Crippen LogP contribution in [0.5, 0.6) is 5.75 Å². The second kappa shape index (κ2) is 6.76. The zero-order valence-corrected chi connectivity index (χ0v) is 13.7. The minimum atomic E-state index is 0.713. The maximum Gasteiger partial charge on any atom is 0.191 e. The van der Waals surface area contributed by atoms with E-state index in [0.717, 1.165) is 39.3 Å². The molecule has 0 saturated carbocycles. The summed E-state index contributed by atoms with van der Waals surface area (Å²) in [6, 6.07) is 0. The van der Waals surface area contributed by atoms with Gasteiger partial charge in [-0.15, -0.1) is 16.8 Å². The highest BCUT2D eigenvalue weighted by Gasteiger charge is 2.13. The summed E-state index contributed by atoms with van der Waals surface area (Å²) < 4.78 is 7.48. The molecule has 2 aromatic heterocycles. The Morgan fingerprint density at radius 2 is 2.10 bits per heavy atom. The Morgan fingerprint density at radius 3 is 2.76 bits per heavy atom. The molecule has 0 aliphatic rings. The number of methoxy groups -OCH3 is 1. The number of thioether (sulfide) groups is 1. The van der Waals surface area contributed by atoms with Crippen molar-refractivity contribution in [3.05, 3.63) is 41.5 Å². The third-order valence-electron chi connectivity index (χ3n) is 3.30. The van der Waals surface area contributed by atoms with Gasteiger partial charge in [0.25, 0.3) is 0 Å². The summed E-state index contributed by atoms with van der Waals surface area (Å²) in [5.41, 5.74) is 3.14. The summed E-state index contributed by atoms with van der Waals surface area (Å²) in [7, 11) is 1.69. The highest BCUT2D eigenvalue weighted by Crippen LogP contribution is 2.28. The molecular weight excluding hydrogens is 284 g/mol. The Labute approximate surface area is 129 Å². The molecule has 0 spiro atoms. The molecule has 0 fully saturated rings. The Morgan fingerprint density at radius 1 is 1.33 bits per heavy atom. The lowest BCUT2D eigenvalue weighted by atomic mass is 10.1. The van der Waals surface area contributed by atoms with Crippen LogP contribution in [0.15, 0.2) is 24.0 Å². The predicted octanol–water partition coefficient (Wildman–Crippen LogP) is 3.09. The van der Waals surface area contributed by atoms with E-state index in [1.807, 2.05) is 37.6 Å². The molecule has 2 heterocycles. The third-order valence-corrected chi connectivity index (χ3v) is 4.28. The lowest BCUT2D eigenvalue weighted by molar-refractivity contribution is 0.407. The molecule has 0 aliphatic heterocycles. The summed E-state index contributed by atoms with van der Waals surface area (Å²) in [5, 5.41) is 9.21. The first-order valence-corrected chi connectivity index (χ1v) is 7.69. The molecule has 2 aromatic rings. The number of aryl methyl sites for hydroxylation is 2. The molecule has 112 valence electrons. The molecule has 5 nitrogen and oxygen atoms in total. The molecule has 0 N–H and O–H groups in total. The van der Waals surface area contributed by atoms with Gasteiger partial charge in [-0.25, -0.2) is 0 Å². The van der Waals surface area contributed by atoms with Crippen LogP contribution in [0.3, 0.4) is 0 Å². The van der Waals surface area contributed by atoms with Crippen molar-refractivity contribution in [2.45, 2.75) is 38.2 Å². The minimum absolute atomic E-state index is 0.713. The van der Waals surface area contributed by atoms with Crippen LogP contribution in [-0.2, 0) is 12.3 Å². The fourth-order valence-electron chi connectivity index (χ4n) is 2.16. The van der Waals surface area contributed by atoms with E-state index >= 15 is 0 Å². The van der Waals surface area contributed by atoms with E-state index in [-0.39, 0.29) is 0 Å². The fraction of sp³-hybridized carbons (Fsp3) is 0.400. The van der Waals surface area contributed by atoms with E-state index in [2.05, 4.69) is 21.8 Å². The monoisotopic (exact) mass is 304 g/mol. The maximum atomic E-state index is 5.44. The average molecular weight is 304 g/mol.